The highest BCUT2D eigenvalue weighted by Gasteiger charge is 2.28. The van der Waals surface area contributed by atoms with Crippen LogP contribution in [0.25, 0.3) is 5.69 Å². The molecule has 0 amide bonds. The van der Waals surface area contributed by atoms with Crippen molar-refractivity contribution < 1.29 is 0 Å². The molecular formula is C18H25N3. The number of para-hydroxylation sites is 1. The lowest BCUT2D eigenvalue weighted by atomic mass is 9.76. The van der Waals surface area contributed by atoms with Crippen molar-refractivity contribution in [2.45, 2.75) is 45.1 Å². The minimum Gasteiger partial charge on any atom is -0.322 e. The van der Waals surface area contributed by atoms with Crippen LogP contribution >= 0.6 is 0 Å². The van der Waals surface area contributed by atoms with Gasteiger partial charge < -0.3 is 5.73 Å². The van der Waals surface area contributed by atoms with Gasteiger partial charge in [-0.25, -0.2) is 4.68 Å². The van der Waals surface area contributed by atoms with Crippen LogP contribution in [0, 0.1) is 11.8 Å². The highest BCUT2D eigenvalue weighted by molar-refractivity contribution is 5.33. The Balaban J connectivity index is 1.82. The van der Waals surface area contributed by atoms with E-state index in [9.17, 15) is 0 Å². The fourth-order valence-electron chi connectivity index (χ4n) is 3.62. The Labute approximate surface area is 127 Å². The lowest BCUT2D eigenvalue weighted by molar-refractivity contribution is 0.227. The molecule has 1 saturated carbocycles. The van der Waals surface area contributed by atoms with Crippen molar-refractivity contribution in [1.29, 1.82) is 0 Å². The molecule has 2 N–H and O–H groups in total. The summed E-state index contributed by atoms with van der Waals surface area (Å²) in [6.45, 7) is 2.30. The molecular weight excluding hydrogens is 258 g/mol. The van der Waals surface area contributed by atoms with E-state index in [0.29, 0.717) is 5.92 Å². The molecule has 3 rings (SSSR count). The molecule has 1 aromatic heterocycles. The molecule has 1 fully saturated rings. The molecule has 1 aliphatic rings. The molecule has 0 bridgehead atoms. The van der Waals surface area contributed by atoms with Gasteiger partial charge in [0.05, 0.1) is 11.4 Å². The molecule has 3 unspecified atom stereocenters. The van der Waals surface area contributed by atoms with Gasteiger partial charge in [0.25, 0.3) is 0 Å². The molecule has 0 saturated heterocycles. The summed E-state index contributed by atoms with van der Waals surface area (Å²) in [6, 6.07) is 12.4. The first-order chi connectivity index (χ1) is 10.3. The fourth-order valence-corrected chi connectivity index (χ4v) is 3.62. The second-order valence-electron chi connectivity index (χ2n) is 6.23. The third kappa shape index (κ3) is 3.03. The van der Waals surface area contributed by atoms with Gasteiger partial charge in [0.2, 0.25) is 0 Å². The molecule has 3 nitrogen and oxygen atoms in total. The molecule has 1 aliphatic carbocycles. The van der Waals surface area contributed by atoms with E-state index in [1.807, 2.05) is 29.1 Å². The molecule has 2 aromatic rings. The lowest BCUT2D eigenvalue weighted by Gasteiger charge is -2.32. The summed E-state index contributed by atoms with van der Waals surface area (Å²) in [5.74, 6) is 1.44. The molecule has 1 aromatic carbocycles. The zero-order valence-corrected chi connectivity index (χ0v) is 12.8. The maximum Gasteiger partial charge on any atom is 0.0649 e. The van der Waals surface area contributed by atoms with Crippen molar-refractivity contribution in [3.05, 3.63) is 48.3 Å². The van der Waals surface area contributed by atoms with Crippen LogP contribution in [0.5, 0.6) is 0 Å². The van der Waals surface area contributed by atoms with Crippen LogP contribution in [0.2, 0.25) is 0 Å². The highest BCUT2D eigenvalue weighted by Crippen LogP contribution is 2.37. The molecule has 0 aliphatic heterocycles. The Bertz CT molecular complexity index is 561. The summed E-state index contributed by atoms with van der Waals surface area (Å²) < 4.78 is 2.00. The Hall–Kier alpha value is -1.61. The summed E-state index contributed by atoms with van der Waals surface area (Å²) in [5.41, 5.74) is 8.84. The highest BCUT2D eigenvalue weighted by atomic mass is 15.3. The van der Waals surface area contributed by atoms with Gasteiger partial charge in [0.1, 0.15) is 0 Å². The van der Waals surface area contributed by atoms with Gasteiger partial charge in [-0.2, -0.15) is 5.10 Å². The second kappa shape index (κ2) is 6.44. The van der Waals surface area contributed by atoms with Gasteiger partial charge in [-0.05, 0) is 42.9 Å². The Morgan fingerprint density at radius 3 is 2.81 bits per heavy atom. The van der Waals surface area contributed by atoms with Crippen LogP contribution in [-0.2, 0) is 0 Å². The summed E-state index contributed by atoms with van der Waals surface area (Å²) in [5, 5.41) is 4.48. The molecule has 0 radical (unpaired) electrons. The maximum absolute atomic E-state index is 6.61. The largest absolute Gasteiger partial charge is 0.322 e. The molecule has 112 valence electrons. The SMILES string of the molecule is CCC1CCCC(C(N)c2ccnn2-c2ccccc2)C1. The predicted molar refractivity (Wildman–Crippen MR) is 86.2 cm³/mol. The molecule has 21 heavy (non-hydrogen) atoms. The zero-order chi connectivity index (χ0) is 14.7. The summed E-state index contributed by atoms with van der Waals surface area (Å²) in [4.78, 5) is 0. The molecule has 3 heteroatoms. The third-order valence-electron chi connectivity index (χ3n) is 4.92. The summed E-state index contributed by atoms with van der Waals surface area (Å²) in [6.07, 6.45) is 8.34. The lowest BCUT2D eigenvalue weighted by Crippen LogP contribution is -2.28. The first kappa shape index (κ1) is 14.3. The van der Waals surface area contributed by atoms with E-state index in [2.05, 4.69) is 30.2 Å². The molecule has 3 atom stereocenters. The van der Waals surface area contributed by atoms with Crippen LogP contribution in [0.15, 0.2) is 42.6 Å². The molecule has 1 heterocycles. The average Bonchev–Trinajstić information content (AvgIpc) is 3.04. The van der Waals surface area contributed by atoms with Crippen molar-refractivity contribution >= 4 is 0 Å². The van der Waals surface area contributed by atoms with Crippen molar-refractivity contribution in [3.63, 3.8) is 0 Å². The van der Waals surface area contributed by atoms with Gasteiger partial charge in [-0.3, -0.25) is 0 Å². The predicted octanol–water partition coefficient (Wildman–Crippen LogP) is 4.09. The van der Waals surface area contributed by atoms with E-state index < -0.39 is 0 Å². The Morgan fingerprint density at radius 2 is 2.05 bits per heavy atom. The van der Waals surface area contributed by atoms with Crippen LogP contribution in [-0.4, -0.2) is 9.78 Å². The Kier molecular flexibility index (Phi) is 4.39. The van der Waals surface area contributed by atoms with E-state index in [-0.39, 0.29) is 6.04 Å². The van der Waals surface area contributed by atoms with Crippen molar-refractivity contribution in [2.75, 3.05) is 0 Å². The number of benzene rings is 1. The van der Waals surface area contributed by atoms with Crippen molar-refractivity contribution in [2.24, 2.45) is 17.6 Å². The Morgan fingerprint density at radius 1 is 1.24 bits per heavy atom. The molecule has 0 spiro atoms. The van der Waals surface area contributed by atoms with Gasteiger partial charge in [0, 0.05) is 12.2 Å². The van der Waals surface area contributed by atoms with Gasteiger partial charge in [0.15, 0.2) is 0 Å². The standard InChI is InChI=1S/C18H25N3/c1-2-14-7-6-8-15(13-14)18(19)17-11-12-20-21(17)16-9-4-3-5-10-16/h3-5,9-12,14-15,18H,2,6-8,13,19H2,1H3. The van der Waals surface area contributed by atoms with E-state index in [4.69, 9.17) is 5.73 Å². The number of hydrogen-bond donors (Lipinski definition) is 1. The van der Waals surface area contributed by atoms with Crippen molar-refractivity contribution in [1.82, 2.24) is 9.78 Å². The zero-order valence-electron chi connectivity index (χ0n) is 12.8. The minimum absolute atomic E-state index is 0.0852. The second-order valence-corrected chi connectivity index (χ2v) is 6.23. The third-order valence-corrected chi connectivity index (χ3v) is 4.92. The van der Waals surface area contributed by atoms with Gasteiger partial charge in [-0.15, -0.1) is 0 Å². The van der Waals surface area contributed by atoms with Crippen LogP contribution < -0.4 is 5.73 Å². The maximum atomic E-state index is 6.61. The van der Waals surface area contributed by atoms with E-state index in [0.717, 1.165) is 17.3 Å². The first-order valence-electron chi connectivity index (χ1n) is 8.14. The number of nitrogens with zero attached hydrogens (tertiary/aromatic N) is 2. The number of hydrogen-bond acceptors (Lipinski definition) is 2. The van der Waals surface area contributed by atoms with Crippen LogP contribution in [0.3, 0.4) is 0 Å². The monoisotopic (exact) mass is 283 g/mol. The number of nitrogens with two attached hydrogens (primary N) is 1. The van der Waals surface area contributed by atoms with Crippen LogP contribution in [0.1, 0.15) is 50.8 Å². The topological polar surface area (TPSA) is 43.8 Å². The minimum atomic E-state index is 0.0852. The number of aromatic nitrogens is 2. The smallest absolute Gasteiger partial charge is 0.0649 e. The van der Waals surface area contributed by atoms with Gasteiger partial charge in [-0.1, -0.05) is 44.4 Å². The summed E-state index contributed by atoms with van der Waals surface area (Å²) in [7, 11) is 0. The van der Waals surface area contributed by atoms with Gasteiger partial charge >= 0.3 is 0 Å². The normalized spacial score (nSPS) is 23.9. The van der Waals surface area contributed by atoms with Crippen LogP contribution in [0.4, 0.5) is 0 Å². The van der Waals surface area contributed by atoms with E-state index >= 15 is 0 Å². The van der Waals surface area contributed by atoms with E-state index in [1.165, 1.54) is 32.1 Å². The van der Waals surface area contributed by atoms with Crippen molar-refractivity contribution in [3.8, 4) is 5.69 Å². The first-order valence-corrected chi connectivity index (χ1v) is 8.14. The summed E-state index contributed by atoms with van der Waals surface area (Å²) >= 11 is 0. The van der Waals surface area contributed by atoms with E-state index in [1.54, 1.807) is 0 Å². The fraction of sp³-hybridized carbons (Fsp3) is 0.500. The quantitative estimate of drug-likeness (QED) is 0.918. The number of rotatable bonds is 4. The average molecular weight is 283 g/mol.